The summed E-state index contributed by atoms with van der Waals surface area (Å²) in [6.45, 7) is 12.4. The number of methoxy groups -OCH3 is 1. The minimum absolute atomic E-state index is 0.0799. The molecule has 0 bridgehead atoms. The molecule has 0 aliphatic carbocycles. The molecule has 0 aliphatic rings. The molecule has 0 radical (unpaired) electrons. The van der Waals surface area contributed by atoms with E-state index < -0.39 is 19.8 Å². The highest BCUT2D eigenvalue weighted by atomic mass is 31.2. The summed E-state index contributed by atoms with van der Waals surface area (Å²) in [5.74, 6) is 0.715. The van der Waals surface area contributed by atoms with Crippen molar-refractivity contribution in [3.63, 3.8) is 0 Å². The van der Waals surface area contributed by atoms with E-state index in [-0.39, 0.29) is 12.3 Å². The maximum Gasteiger partial charge on any atom is 0.335 e. The van der Waals surface area contributed by atoms with Crippen LogP contribution in [0.1, 0.15) is 41.5 Å². The molecule has 4 rings (SSSR count). The lowest BCUT2D eigenvalue weighted by Gasteiger charge is -2.30. The van der Waals surface area contributed by atoms with Gasteiger partial charge in [0, 0.05) is 25.1 Å². The van der Waals surface area contributed by atoms with Crippen molar-refractivity contribution >= 4 is 19.6 Å². The number of pyridine rings is 1. The van der Waals surface area contributed by atoms with Gasteiger partial charge < -0.3 is 18.5 Å². The number of hydrogen-bond acceptors (Lipinski definition) is 8. The third-order valence-corrected chi connectivity index (χ3v) is 7.14. The highest BCUT2D eigenvalue weighted by molar-refractivity contribution is 7.41. The molecule has 1 aromatic carbocycles. The van der Waals surface area contributed by atoms with Crippen LogP contribution >= 0.6 is 8.60 Å². The molecule has 11 heteroatoms. The fraction of sp³-hybridized carbons (Fsp3) is 0.414. The Morgan fingerprint density at radius 2 is 1.65 bits per heavy atom. The topological polar surface area (TPSA) is 98.9 Å². The van der Waals surface area contributed by atoms with Gasteiger partial charge in [-0.05, 0) is 71.4 Å². The monoisotopic (exact) mass is 568 g/mol. The van der Waals surface area contributed by atoms with Gasteiger partial charge >= 0.3 is 8.60 Å². The third-order valence-electron chi connectivity index (χ3n) is 5.42. The molecule has 0 unspecified atom stereocenters. The predicted octanol–water partition coefficient (Wildman–Crippen LogP) is 6.11. The van der Waals surface area contributed by atoms with Gasteiger partial charge in [0.25, 0.3) is 5.56 Å². The van der Waals surface area contributed by atoms with Crippen LogP contribution in [0.3, 0.4) is 0 Å². The van der Waals surface area contributed by atoms with Crippen LogP contribution in [-0.2, 0) is 25.0 Å². The quantitative estimate of drug-likeness (QED) is 0.158. The highest BCUT2D eigenvalue weighted by Crippen LogP contribution is 2.47. The summed E-state index contributed by atoms with van der Waals surface area (Å²) in [5.41, 5.74) is 1.66. The van der Waals surface area contributed by atoms with E-state index in [4.69, 9.17) is 23.0 Å². The summed E-state index contributed by atoms with van der Waals surface area (Å²) in [6.07, 6.45) is 6.82. The Bertz CT molecular complexity index is 1440. The van der Waals surface area contributed by atoms with E-state index in [2.05, 4.69) is 9.97 Å². The van der Waals surface area contributed by atoms with E-state index in [0.717, 1.165) is 16.8 Å². The number of fused-ring (bicyclic) bond motifs is 1. The molecule has 10 nitrogen and oxygen atoms in total. The second-order valence-electron chi connectivity index (χ2n) is 11.1. The van der Waals surface area contributed by atoms with Crippen LogP contribution in [0.15, 0.2) is 66.1 Å². The van der Waals surface area contributed by atoms with Crippen molar-refractivity contribution in [2.45, 2.75) is 59.5 Å². The molecule has 0 saturated heterocycles. The molecule has 3 heterocycles. The number of nitrogens with zero attached hydrogens (tertiary/aromatic N) is 4. The van der Waals surface area contributed by atoms with Crippen molar-refractivity contribution in [1.82, 2.24) is 19.1 Å². The van der Waals surface area contributed by atoms with Crippen molar-refractivity contribution in [3.8, 4) is 22.6 Å². The summed E-state index contributed by atoms with van der Waals surface area (Å²) in [5, 5.41) is 0.459. The standard InChI is InChI=1S/C29H37N4O6P/c1-28(2,3)38-40(39-29(4,5)6)37-20-32-19-31-26-25(27(32)34)24(18-33(26)22-9-8-14-30-17-22)21-10-12-23(13-11-21)36-16-15-35-7/h8-14,17-19H,15-16,20H2,1-7H3. The second-order valence-corrected chi connectivity index (χ2v) is 12.2. The summed E-state index contributed by atoms with van der Waals surface area (Å²) >= 11 is 0. The Morgan fingerprint density at radius 3 is 2.25 bits per heavy atom. The van der Waals surface area contributed by atoms with E-state index in [0.29, 0.717) is 30.0 Å². The summed E-state index contributed by atoms with van der Waals surface area (Å²) < 4.78 is 32.1. The molecule has 0 amide bonds. The molecular weight excluding hydrogens is 531 g/mol. The van der Waals surface area contributed by atoms with Crippen LogP contribution in [-0.4, -0.2) is 50.6 Å². The first-order valence-electron chi connectivity index (χ1n) is 13.0. The first kappa shape index (κ1) is 29.8. The van der Waals surface area contributed by atoms with Crippen LogP contribution < -0.4 is 10.3 Å². The average Bonchev–Trinajstić information content (AvgIpc) is 3.28. The fourth-order valence-electron chi connectivity index (χ4n) is 3.76. The Morgan fingerprint density at radius 1 is 0.950 bits per heavy atom. The maximum absolute atomic E-state index is 13.9. The van der Waals surface area contributed by atoms with Gasteiger partial charge in [0.2, 0.25) is 0 Å². The largest absolute Gasteiger partial charge is 0.491 e. The third kappa shape index (κ3) is 7.74. The number of hydrogen-bond donors (Lipinski definition) is 0. The van der Waals surface area contributed by atoms with Crippen LogP contribution in [0.2, 0.25) is 0 Å². The second kappa shape index (κ2) is 12.6. The molecule has 40 heavy (non-hydrogen) atoms. The van der Waals surface area contributed by atoms with Gasteiger partial charge in [-0.2, -0.15) is 0 Å². The zero-order chi connectivity index (χ0) is 28.9. The van der Waals surface area contributed by atoms with Gasteiger partial charge in [0.15, 0.2) is 5.65 Å². The first-order chi connectivity index (χ1) is 18.9. The molecule has 0 fully saturated rings. The number of benzene rings is 1. The molecule has 0 N–H and O–H groups in total. The van der Waals surface area contributed by atoms with E-state index in [1.165, 1.54) is 10.9 Å². The van der Waals surface area contributed by atoms with E-state index in [9.17, 15) is 4.79 Å². The predicted molar refractivity (Wildman–Crippen MR) is 156 cm³/mol. The summed E-state index contributed by atoms with van der Waals surface area (Å²) in [4.78, 5) is 22.8. The Hall–Kier alpha value is -3.14. The molecule has 4 aromatic rings. The van der Waals surface area contributed by atoms with Gasteiger partial charge in [-0.25, -0.2) is 4.98 Å². The molecule has 3 aromatic heterocycles. The van der Waals surface area contributed by atoms with E-state index >= 15 is 0 Å². The van der Waals surface area contributed by atoms with E-state index in [1.807, 2.05) is 88.7 Å². The lowest BCUT2D eigenvalue weighted by Crippen LogP contribution is -2.25. The molecule has 0 saturated carbocycles. The smallest absolute Gasteiger partial charge is 0.335 e. The van der Waals surface area contributed by atoms with Gasteiger partial charge in [-0.15, -0.1) is 0 Å². The normalized spacial score (nSPS) is 12.4. The Labute approximate surface area is 235 Å². The first-order valence-corrected chi connectivity index (χ1v) is 14.1. The van der Waals surface area contributed by atoms with Gasteiger partial charge in [-0.3, -0.25) is 23.4 Å². The number of aromatic nitrogens is 4. The van der Waals surface area contributed by atoms with Crippen molar-refractivity contribution in [1.29, 1.82) is 0 Å². The van der Waals surface area contributed by atoms with Gasteiger partial charge in [-0.1, -0.05) is 12.1 Å². The minimum atomic E-state index is -1.73. The highest BCUT2D eigenvalue weighted by Gasteiger charge is 2.28. The van der Waals surface area contributed by atoms with Crippen LogP contribution in [0.5, 0.6) is 5.75 Å². The van der Waals surface area contributed by atoms with Crippen LogP contribution in [0.25, 0.3) is 27.8 Å². The van der Waals surface area contributed by atoms with Gasteiger partial charge in [0.1, 0.15) is 25.4 Å². The number of ether oxygens (including phenoxy) is 2. The molecule has 0 atom stereocenters. The Balaban J connectivity index is 1.72. The SMILES string of the molecule is COCCOc1ccc(-c2cn(-c3cccnc3)c3ncn(COP(OC(C)(C)C)OC(C)(C)C)c(=O)c23)cc1. The fourth-order valence-corrected chi connectivity index (χ4v) is 5.01. The van der Waals surface area contributed by atoms with Gasteiger partial charge in [0.05, 0.1) is 35.1 Å². The lowest BCUT2D eigenvalue weighted by atomic mass is 10.1. The zero-order valence-electron chi connectivity index (χ0n) is 24.1. The van der Waals surface area contributed by atoms with Crippen molar-refractivity contribution in [2.24, 2.45) is 0 Å². The molecule has 0 aliphatic heterocycles. The Kier molecular flexibility index (Phi) is 9.38. The summed E-state index contributed by atoms with van der Waals surface area (Å²) in [7, 11) is -0.101. The van der Waals surface area contributed by atoms with Crippen LogP contribution in [0, 0.1) is 0 Å². The van der Waals surface area contributed by atoms with Crippen LogP contribution in [0.4, 0.5) is 0 Å². The lowest BCUT2D eigenvalue weighted by molar-refractivity contribution is 0.0231. The zero-order valence-corrected chi connectivity index (χ0v) is 25.0. The van der Waals surface area contributed by atoms with Crippen molar-refractivity contribution < 1.29 is 23.0 Å². The van der Waals surface area contributed by atoms with Crippen molar-refractivity contribution in [3.05, 3.63) is 71.7 Å². The molecular formula is C29H37N4O6P. The molecule has 0 spiro atoms. The average molecular weight is 569 g/mol. The minimum Gasteiger partial charge on any atom is -0.491 e. The summed E-state index contributed by atoms with van der Waals surface area (Å²) in [6, 6.07) is 11.3. The maximum atomic E-state index is 13.9. The number of rotatable bonds is 11. The van der Waals surface area contributed by atoms with E-state index in [1.54, 1.807) is 19.5 Å². The van der Waals surface area contributed by atoms with Crippen molar-refractivity contribution in [2.75, 3.05) is 20.3 Å². The molecule has 214 valence electrons.